The van der Waals surface area contributed by atoms with Gasteiger partial charge in [-0.05, 0) is 83.7 Å². The molecular formula is C48H31N3. The van der Waals surface area contributed by atoms with Gasteiger partial charge >= 0.3 is 0 Å². The van der Waals surface area contributed by atoms with Crippen LogP contribution in [0.25, 0.3) is 93.6 Å². The van der Waals surface area contributed by atoms with Gasteiger partial charge in [-0.15, -0.1) is 0 Å². The monoisotopic (exact) mass is 668 g/mol. The molecule has 0 unspecified atom stereocenters. The van der Waals surface area contributed by atoms with Crippen molar-refractivity contribution in [3.8, 4) is 28.2 Å². The van der Waals surface area contributed by atoms with Crippen LogP contribution in [0.2, 0.25) is 0 Å². The van der Waals surface area contributed by atoms with E-state index in [1.54, 1.807) is 28.8 Å². The second-order valence-electron chi connectivity index (χ2n) is 11.9. The van der Waals surface area contributed by atoms with Crippen LogP contribution in [0.15, 0.2) is 188 Å². The molecule has 238 valence electrons. The first-order valence-corrected chi connectivity index (χ1v) is 16.0. The molecule has 51 heavy (non-hydrogen) atoms. The van der Waals surface area contributed by atoms with Gasteiger partial charge in [-0.2, -0.15) is 0 Å². The lowest BCUT2D eigenvalue weighted by molar-refractivity contribution is 1.16. The average Bonchev–Trinajstić information content (AvgIpc) is 4.02. The van der Waals surface area contributed by atoms with Gasteiger partial charge in [0.05, 0.1) is 59.1 Å². The van der Waals surface area contributed by atoms with Gasteiger partial charge in [0, 0.05) is 49.4 Å². The van der Waals surface area contributed by atoms with Crippen LogP contribution in [0.1, 0.15) is 26.0 Å². The number of fused-ring (bicyclic) bond motifs is 9. The number of rotatable bonds is 4. The van der Waals surface area contributed by atoms with E-state index in [1.165, 1.54) is 28.8 Å². The molecule has 3 nitrogen and oxygen atoms in total. The fourth-order valence-corrected chi connectivity index (χ4v) is 7.07. The molecule has 0 N–H and O–H groups in total. The molecule has 0 saturated carbocycles. The molecule has 11 rings (SSSR count). The van der Waals surface area contributed by atoms with Gasteiger partial charge in [0.1, 0.15) is 0 Å². The van der Waals surface area contributed by atoms with Crippen molar-refractivity contribution in [3.05, 3.63) is 188 Å². The van der Waals surface area contributed by atoms with E-state index >= 15 is 0 Å². The number of para-hydroxylation sites is 4. The SMILES string of the molecule is [2H]c1c([2H])c([2H])c(-c2cccc(-n3c4c([2H])c([2H])c(-n5c6ccccc6c6ccccc65)c([2H])c4c4c([2H])c(-n5c6c([2H])c([2H])c([2H])c([2H])c6c6c([2H])c([2H])c([2H])c([2H])c65)c([2H])c([2H])c43)c2)c([2H])c1[2H]. The van der Waals surface area contributed by atoms with Crippen LogP contribution < -0.4 is 0 Å². The van der Waals surface area contributed by atoms with Crippen molar-refractivity contribution >= 4 is 65.4 Å². The first kappa shape index (κ1) is 15.4. The van der Waals surface area contributed by atoms with Gasteiger partial charge < -0.3 is 13.7 Å². The van der Waals surface area contributed by atoms with Crippen LogP contribution in [0.4, 0.5) is 0 Å². The van der Waals surface area contributed by atoms with Gasteiger partial charge in [-0.3, -0.25) is 0 Å². The highest BCUT2D eigenvalue weighted by molar-refractivity contribution is 6.14. The van der Waals surface area contributed by atoms with E-state index in [4.69, 9.17) is 17.8 Å². The molecule has 3 aromatic heterocycles. The molecule has 0 bridgehead atoms. The van der Waals surface area contributed by atoms with Crippen molar-refractivity contribution in [3.63, 3.8) is 0 Å². The maximum atomic E-state index is 10.2. The highest BCUT2D eigenvalue weighted by Gasteiger charge is 2.19. The molecule has 3 heteroatoms. The van der Waals surface area contributed by atoms with E-state index in [2.05, 4.69) is 0 Å². The van der Waals surface area contributed by atoms with Crippen molar-refractivity contribution in [2.24, 2.45) is 0 Å². The summed E-state index contributed by atoms with van der Waals surface area (Å²) in [5.74, 6) is 0. The Morgan fingerprint density at radius 3 is 1.41 bits per heavy atom. The molecule has 0 radical (unpaired) electrons. The van der Waals surface area contributed by atoms with Gasteiger partial charge in [-0.1, -0.05) is 115 Å². The molecule has 0 aliphatic heterocycles. The second-order valence-corrected chi connectivity index (χ2v) is 11.9. The van der Waals surface area contributed by atoms with Crippen molar-refractivity contribution < 1.29 is 26.0 Å². The highest BCUT2D eigenvalue weighted by Crippen LogP contribution is 2.39. The number of benzene rings is 8. The van der Waals surface area contributed by atoms with E-state index < -0.39 is 132 Å². The molecule has 0 fully saturated rings. The summed E-state index contributed by atoms with van der Waals surface area (Å²) in [4.78, 5) is 0. The van der Waals surface area contributed by atoms with Gasteiger partial charge in [-0.25, -0.2) is 0 Å². The zero-order chi connectivity index (χ0) is 50.0. The normalized spacial score (nSPS) is 17.1. The molecule has 0 saturated heterocycles. The van der Waals surface area contributed by atoms with Crippen LogP contribution in [0.5, 0.6) is 0 Å². The smallest absolute Gasteiger partial charge is 0.0652 e. The molecule has 3 heterocycles. The zero-order valence-electron chi connectivity index (χ0n) is 45.3. The third-order valence-electron chi connectivity index (χ3n) is 9.21. The average molecular weight is 669 g/mol. The minimum Gasteiger partial charge on any atom is -0.309 e. The first-order valence-electron chi connectivity index (χ1n) is 25.5. The van der Waals surface area contributed by atoms with Crippen LogP contribution in [-0.4, -0.2) is 13.7 Å². The van der Waals surface area contributed by atoms with Gasteiger partial charge in [0.25, 0.3) is 0 Å². The molecule has 11 aromatic rings. The number of hydrogen-bond acceptors (Lipinski definition) is 0. The summed E-state index contributed by atoms with van der Waals surface area (Å²) in [5.41, 5.74) is -0.676. The Kier molecular flexibility index (Phi) is 3.26. The topological polar surface area (TPSA) is 14.8 Å². The first-order chi connectivity index (χ1) is 33.2. The van der Waals surface area contributed by atoms with Crippen LogP contribution in [-0.2, 0) is 0 Å². The maximum Gasteiger partial charge on any atom is 0.0652 e. The Morgan fingerprint density at radius 1 is 0.314 bits per heavy atom. The van der Waals surface area contributed by atoms with E-state index in [0.29, 0.717) is 11.0 Å². The highest BCUT2D eigenvalue weighted by atomic mass is 15.0. The van der Waals surface area contributed by atoms with Gasteiger partial charge in [0.15, 0.2) is 0 Å². The largest absolute Gasteiger partial charge is 0.309 e. The van der Waals surface area contributed by atoms with Crippen LogP contribution >= 0.6 is 0 Å². The van der Waals surface area contributed by atoms with Crippen molar-refractivity contribution in [2.45, 2.75) is 0 Å². The van der Waals surface area contributed by atoms with E-state index in [-0.39, 0.29) is 55.1 Å². The molecule has 8 aromatic carbocycles. The Morgan fingerprint density at radius 2 is 0.804 bits per heavy atom. The van der Waals surface area contributed by atoms with Crippen molar-refractivity contribution in [1.29, 1.82) is 0 Å². The Hall–Kier alpha value is -6.84. The maximum absolute atomic E-state index is 10.2. The Balaban J connectivity index is 1.38. The quantitative estimate of drug-likeness (QED) is 0.177. The predicted molar refractivity (Wildman–Crippen MR) is 215 cm³/mol. The Labute approximate surface area is 321 Å². The lowest BCUT2D eigenvalue weighted by Crippen LogP contribution is -1.96. The summed E-state index contributed by atoms with van der Waals surface area (Å²) in [6.45, 7) is 0. The summed E-state index contributed by atoms with van der Waals surface area (Å²) in [6.07, 6.45) is 0. The molecule has 0 aliphatic rings. The van der Waals surface area contributed by atoms with Gasteiger partial charge in [0.2, 0.25) is 0 Å². The molecule has 0 amide bonds. The minimum atomic E-state index is -0.756. The van der Waals surface area contributed by atoms with Crippen molar-refractivity contribution in [2.75, 3.05) is 0 Å². The molecule has 0 spiro atoms. The van der Waals surface area contributed by atoms with E-state index in [1.807, 2.05) is 24.3 Å². The lowest BCUT2D eigenvalue weighted by Gasteiger charge is -2.12. The molecular weight excluding hydrogens is 619 g/mol. The van der Waals surface area contributed by atoms with E-state index in [0.717, 1.165) is 15.3 Å². The lowest BCUT2D eigenvalue weighted by atomic mass is 10.1. The summed E-state index contributed by atoms with van der Waals surface area (Å²) in [7, 11) is 0. The number of aromatic nitrogens is 3. The second kappa shape index (κ2) is 10.8. The Bertz CT molecular complexity index is 4080. The minimum absolute atomic E-state index is 0.0793. The predicted octanol–water partition coefficient (Wildman–Crippen LogP) is 12.6. The van der Waals surface area contributed by atoms with E-state index in [9.17, 15) is 8.22 Å². The third kappa shape index (κ3) is 4.12. The summed E-state index contributed by atoms with van der Waals surface area (Å²) in [6, 6.07) is 8.69. The van der Waals surface area contributed by atoms with Crippen LogP contribution in [0, 0.1) is 0 Å². The molecule has 0 aliphatic carbocycles. The fourth-order valence-electron chi connectivity index (χ4n) is 7.07. The fraction of sp³-hybridized carbons (Fsp3) is 0. The number of nitrogens with zero attached hydrogens (tertiary/aromatic N) is 3. The summed E-state index contributed by atoms with van der Waals surface area (Å²) >= 11 is 0. The zero-order valence-corrected chi connectivity index (χ0v) is 26.3. The summed E-state index contributed by atoms with van der Waals surface area (Å²) < 4.78 is 177. The summed E-state index contributed by atoms with van der Waals surface area (Å²) in [5, 5.41) is 0.486. The third-order valence-corrected chi connectivity index (χ3v) is 9.21. The van der Waals surface area contributed by atoms with Crippen molar-refractivity contribution in [1.82, 2.24) is 13.7 Å². The number of hydrogen-bond donors (Lipinski definition) is 0. The van der Waals surface area contributed by atoms with Crippen LogP contribution in [0.3, 0.4) is 0 Å². The molecule has 0 atom stereocenters. The standard InChI is InChI=1S/C48H31N3/c1-2-13-32(14-3-1)33-15-12-16-34(29-33)49-47-27-25-35(50-43-21-8-4-17-37(43)38-18-5-9-22-44(38)50)30-41(47)42-31-36(26-28-48(42)49)51-45-23-10-6-19-39(45)40-20-7-11-24-46(40)51/h1-31H/i1D,2D,3D,4D,5D,8D,9D,13D,14D,17D,18D,21D,22D,25D,26D,27D,28D,30D,31D.